The van der Waals surface area contributed by atoms with Gasteiger partial charge in [-0.1, -0.05) is 6.92 Å². The third-order valence-electron chi connectivity index (χ3n) is 2.82. The monoisotopic (exact) mass is 234 g/mol. The Morgan fingerprint density at radius 1 is 1.62 bits per heavy atom. The lowest BCUT2D eigenvalue weighted by molar-refractivity contribution is 0.158. The van der Waals surface area contributed by atoms with Crippen molar-refractivity contribution < 1.29 is 8.78 Å². The summed E-state index contributed by atoms with van der Waals surface area (Å²) in [5.41, 5.74) is 5.47. The Bertz CT molecular complexity index is 233. The van der Waals surface area contributed by atoms with Gasteiger partial charge in [0, 0.05) is 12.6 Å². The van der Waals surface area contributed by atoms with Crippen LogP contribution in [0.25, 0.3) is 0 Å². The number of nitrogens with zero attached hydrogens (tertiary/aromatic N) is 2. The molecule has 1 rings (SSSR count). The molecule has 1 atom stereocenters. The van der Waals surface area contributed by atoms with Gasteiger partial charge in [-0.25, -0.2) is 13.8 Å². The van der Waals surface area contributed by atoms with Crippen LogP contribution in [0.4, 0.5) is 8.78 Å². The van der Waals surface area contributed by atoms with Gasteiger partial charge in [-0.05, 0) is 25.9 Å². The molecule has 0 aromatic heterocycles. The van der Waals surface area contributed by atoms with Gasteiger partial charge in [0.1, 0.15) is 6.54 Å². The number of hydrogen-bond donors (Lipinski definition) is 2. The topological polar surface area (TPSA) is 53.6 Å². The summed E-state index contributed by atoms with van der Waals surface area (Å²) < 4.78 is 23.7. The third-order valence-corrected chi connectivity index (χ3v) is 2.82. The number of nitrogens with one attached hydrogen (secondary N) is 1. The summed E-state index contributed by atoms with van der Waals surface area (Å²) in [7, 11) is 0. The van der Waals surface area contributed by atoms with E-state index in [1.807, 2.05) is 0 Å². The zero-order valence-corrected chi connectivity index (χ0v) is 9.63. The molecule has 0 aromatic carbocycles. The van der Waals surface area contributed by atoms with Gasteiger partial charge in [0.25, 0.3) is 6.43 Å². The molecule has 0 bridgehead atoms. The maximum atomic E-state index is 11.9. The first-order valence-corrected chi connectivity index (χ1v) is 5.69. The van der Waals surface area contributed by atoms with E-state index in [1.54, 1.807) is 0 Å². The van der Waals surface area contributed by atoms with Crippen LogP contribution in [0.5, 0.6) is 0 Å². The molecule has 4 nitrogen and oxygen atoms in total. The Labute approximate surface area is 94.9 Å². The number of rotatable bonds is 5. The highest BCUT2D eigenvalue weighted by Crippen LogP contribution is 2.15. The fourth-order valence-corrected chi connectivity index (χ4v) is 1.99. The van der Waals surface area contributed by atoms with E-state index in [-0.39, 0.29) is 5.96 Å². The SMILES string of the molecule is CCN1CCCC1CNC(N)=NCC(F)F. The number of nitrogens with two attached hydrogens (primary N) is 1. The highest BCUT2D eigenvalue weighted by atomic mass is 19.3. The van der Waals surface area contributed by atoms with Crippen LogP contribution < -0.4 is 11.1 Å². The zero-order chi connectivity index (χ0) is 12.0. The first-order valence-electron chi connectivity index (χ1n) is 5.69. The van der Waals surface area contributed by atoms with Gasteiger partial charge in [-0.15, -0.1) is 0 Å². The molecule has 0 aliphatic carbocycles. The lowest BCUT2D eigenvalue weighted by Crippen LogP contribution is -2.42. The molecule has 3 N–H and O–H groups in total. The van der Waals surface area contributed by atoms with Gasteiger partial charge in [0.2, 0.25) is 0 Å². The Morgan fingerprint density at radius 3 is 3.00 bits per heavy atom. The second-order valence-corrected chi connectivity index (χ2v) is 3.92. The molecule has 0 amide bonds. The minimum Gasteiger partial charge on any atom is -0.370 e. The maximum Gasteiger partial charge on any atom is 0.257 e. The molecule has 1 aliphatic heterocycles. The Hall–Kier alpha value is -0.910. The molecule has 1 heterocycles. The van der Waals surface area contributed by atoms with Crippen LogP contribution in [0.1, 0.15) is 19.8 Å². The van der Waals surface area contributed by atoms with Crippen LogP contribution in [0, 0.1) is 0 Å². The van der Waals surface area contributed by atoms with Crippen molar-refractivity contribution >= 4 is 5.96 Å². The molecule has 16 heavy (non-hydrogen) atoms. The number of aliphatic imine (C=N–C) groups is 1. The quantitative estimate of drug-likeness (QED) is 0.542. The van der Waals surface area contributed by atoms with Crippen LogP contribution >= 0.6 is 0 Å². The van der Waals surface area contributed by atoms with Crippen molar-refractivity contribution in [1.82, 2.24) is 10.2 Å². The highest BCUT2D eigenvalue weighted by molar-refractivity contribution is 5.77. The summed E-state index contributed by atoms with van der Waals surface area (Å²) in [6.07, 6.45) is -0.115. The number of halogens is 2. The smallest absolute Gasteiger partial charge is 0.257 e. The van der Waals surface area contributed by atoms with Crippen LogP contribution in [0.3, 0.4) is 0 Å². The molecule has 0 saturated carbocycles. The molecule has 1 aliphatic rings. The van der Waals surface area contributed by atoms with Crippen molar-refractivity contribution in [2.45, 2.75) is 32.2 Å². The van der Waals surface area contributed by atoms with E-state index in [4.69, 9.17) is 5.73 Å². The second kappa shape index (κ2) is 6.62. The van der Waals surface area contributed by atoms with E-state index in [2.05, 4.69) is 22.1 Å². The predicted molar refractivity (Wildman–Crippen MR) is 60.8 cm³/mol. The summed E-state index contributed by atoms with van der Waals surface area (Å²) in [4.78, 5) is 5.90. The standard InChI is InChI=1S/C10H20F2N4/c1-2-16-5-3-4-8(16)6-14-10(13)15-7-9(11)12/h8-9H,2-7H2,1H3,(H3,13,14,15). The average Bonchev–Trinajstić information content (AvgIpc) is 2.70. The molecule has 1 fully saturated rings. The van der Waals surface area contributed by atoms with Crippen LogP contribution in [0.15, 0.2) is 4.99 Å². The predicted octanol–water partition coefficient (Wildman–Crippen LogP) is 0.640. The zero-order valence-electron chi connectivity index (χ0n) is 9.63. The lowest BCUT2D eigenvalue weighted by Gasteiger charge is -2.23. The summed E-state index contributed by atoms with van der Waals surface area (Å²) in [5, 5.41) is 2.90. The van der Waals surface area contributed by atoms with Crippen molar-refractivity contribution in [3.05, 3.63) is 0 Å². The van der Waals surface area contributed by atoms with Crippen LogP contribution in [-0.4, -0.2) is 49.5 Å². The average molecular weight is 234 g/mol. The molecule has 0 aromatic rings. The van der Waals surface area contributed by atoms with Crippen LogP contribution in [0.2, 0.25) is 0 Å². The van der Waals surface area contributed by atoms with E-state index in [0.29, 0.717) is 12.6 Å². The number of likely N-dealkylation sites (tertiary alicyclic amines) is 1. The number of alkyl halides is 2. The van der Waals surface area contributed by atoms with Crippen molar-refractivity contribution in [2.75, 3.05) is 26.2 Å². The second-order valence-electron chi connectivity index (χ2n) is 3.92. The number of hydrogen-bond acceptors (Lipinski definition) is 2. The maximum absolute atomic E-state index is 11.9. The molecular weight excluding hydrogens is 214 g/mol. The van der Waals surface area contributed by atoms with Crippen molar-refractivity contribution in [1.29, 1.82) is 0 Å². The summed E-state index contributed by atoms with van der Waals surface area (Å²) in [6, 6.07) is 0.449. The number of likely N-dealkylation sites (N-methyl/N-ethyl adjacent to an activating group) is 1. The lowest BCUT2D eigenvalue weighted by atomic mass is 10.2. The molecule has 0 spiro atoms. The Morgan fingerprint density at radius 2 is 2.38 bits per heavy atom. The highest BCUT2D eigenvalue weighted by Gasteiger charge is 2.22. The number of guanidine groups is 1. The Kier molecular flexibility index (Phi) is 5.45. The third kappa shape index (κ3) is 4.30. The van der Waals surface area contributed by atoms with Crippen LogP contribution in [-0.2, 0) is 0 Å². The first kappa shape index (κ1) is 13.2. The molecule has 6 heteroatoms. The van der Waals surface area contributed by atoms with Gasteiger partial charge >= 0.3 is 0 Å². The molecule has 94 valence electrons. The van der Waals surface area contributed by atoms with E-state index in [1.165, 1.54) is 6.42 Å². The minimum atomic E-state index is -2.43. The fourth-order valence-electron chi connectivity index (χ4n) is 1.99. The van der Waals surface area contributed by atoms with Crippen molar-refractivity contribution in [3.8, 4) is 0 Å². The van der Waals surface area contributed by atoms with Gasteiger partial charge in [0.15, 0.2) is 5.96 Å². The molecule has 1 saturated heterocycles. The van der Waals surface area contributed by atoms with Gasteiger partial charge < -0.3 is 11.1 Å². The summed E-state index contributed by atoms with van der Waals surface area (Å²) in [6.45, 7) is 4.40. The van der Waals surface area contributed by atoms with Gasteiger partial charge in [0.05, 0.1) is 0 Å². The van der Waals surface area contributed by atoms with E-state index < -0.39 is 13.0 Å². The Balaban J connectivity index is 2.25. The molecular formula is C10H20F2N4. The summed E-state index contributed by atoms with van der Waals surface area (Å²) >= 11 is 0. The normalized spacial score (nSPS) is 23.0. The fraction of sp³-hybridized carbons (Fsp3) is 0.900. The molecule has 0 radical (unpaired) electrons. The van der Waals surface area contributed by atoms with Crippen molar-refractivity contribution in [2.24, 2.45) is 10.7 Å². The largest absolute Gasteiger partial charge is 0.370 e. The van der Waals surface area contributed by atoms with Crippen molar-refractivity contribution in [3.63, 3.8) is 0 Å². The van der Waals surface area contributed by atoms with E-state index in [0.717, 1.165) is 19.5 Å². The van der Waals surface area contributed by atoms with Gasteiger partial charge in [-0.3, -0.25) is 4.90 Å². The minimum absolute atomic E-state index is 0.114. The van der Waals surface area contributed by atoms with E-state index >= 15 is 0 Å². The summed E-state index contributed by atoms with van der Waals surface area (Å²) in [5.74, 6) is 0.114. The first-order chi connectivity index (χ1) is 7.63. The van der Waals surface area contributed by atoms with Gasteiger partial charge in [-0.2, -0.15) is 0 Å². The molecule has 1 unspecified atom stereocenters. The van der Waals surface area contributed by atoms with E-state index in [9.17, 15) is 8.78 Å².